The first-order valence-electron chi connectivity index (χ1n) is 3.88. The van der Waals surface area contributed by atoms with E-state index in [1.807, 2.05) is 0 Å². The van der Waals surface area contributed by atoms with Gasteiger partial charge in [-0.1, -0.05) is 12.2 Å². The van der Waals surface area contributed by atoms with Gasteiger partial charge in [0, 0.05) is 12.5 Å². The summed E-state index contributed by atoms with van der Waals surface area (Å²) in [6.45, 7) is 0. The molecule has 0 unspecified atom stereocenters. The molecule has 0 atom stereocenters. The maximum absolute atomic E-state index is 11.0. The minimum Gasteiger partial charge on any atom is -0.353 e. The predicted molar refractivity (Wildman–Crippen MR) is 48.8 cm³/mol. The average Bonchev–Trinajstić information content (AvgIpc) is 2.40. The molecule has 0 aromatic heterocycles. The van der Waals surface area contributed by atoms with E-state index in [-0.39, 0.29) is 5.91 Å². The van der Waals surface area contributed by atoms with Gasteiger partial charge in [-0.2, -0.15) is 12.6 Å². The monoisotopic (exact) mass is 171 g/mol. The van der Waals surface area contributed by atoms with Gasteiger partial charge in [0.15, 0.2) is 0 Å². The van der Waals surface area contributed by atoms with E-state index >= 15 is 0 Å². The molecule has 1 N–H and O–H groups in total. The molecular formula is C8H13NOS. The van der Waals surface area contributed by atoms with Gasteiger partial charge >= 0.3 is 0 Å². The van der Waals surface area contributed by atoms with Crippen molar-refractivity contribution in [3.63, 3.8) is 0 Å². The third-order valence-corrected chi connectivity index (χ3v) is 1.94. The topological polar surface area (TPSA) is 29.1 Å². The Kier molecular flexibility index (Phi) is 3.49. The molecule has 0 saturated carbocycles. The predicted octanol–water partition coefficient (Wildman–Crippen LogP) is 1.14. The van der Waals surface area contributed by atoms with Gasteiger partial charge in [0.2, 0.25) is 5.91 Å². The molecule has 0 bridgehead atoms. The van der Waals surface area contributed by atoms with Crippen LogP contribution in [0.15, 0.2) is 12.2 Å². The van der Waals surface area contributed by atoms with E-state index in [2.05, 4.69) is 30.1 Å². The van der Waals surface area contributed by atoms with E-state index in [9.17, 15) is 4.79 Å². The highest BCUT2D eigenvalue weighted by Gasteiger charge is 2.11. The van der Waals surface area contributed by atoms with E-state index in [1.165, 1.54) is 0 Å². The van der Waals surface area contributed by atoms with Crippen molar-refractivity contribution in [2.75, 3.05) is 5.75 Å². The first-order chi connectivity index (χ1) is 5.33. The Labute approximate surface area is 72.5 Å². The summed E-state index contributed by atoms with van der Waals surface area (Å²) in [7, 11) is 0. The number of amides is 1. The van der Waals surface area contributed by atoms with E-state index in [4.69, 9.17) is 0 Å². The van der Waals surface area contributed by atoms with Crippen LogP contribution in [0.25, 0.3) is 0 Å². The third kappa shape index (κ3) is 2.97. The molecule has 1 aliphatic carbocycles. The second-order valence-electron chi connectivity index (χ2n) is 2.68. The summed E-state index contributed by atoms with van der Waals surface area (Å²) >= 11 is 3.98. The molecule has 0 fully saturated rings. The lowest BCUT2D eigenvalue weighted by Crippen LogP contribution is -2.32. The number of carbonyl (C=O) groups excluding carboxylic acids is 1. The lowest BCUT2D eigenvalue weighted by Gasteiger charge is -2.10. The number of hydrogen-bond donors (Lipinski definition) is 2. The van der Waals surface area contributed by atoms with Gasteiger partial charge in [0.05, 0.1) is 0 Å². The molecule has 1 aliphatic rings. The average molecular weight is 171 g/mol. The molecular weight excluding hydrogens is 158 g/mol. The molecule has 11 heavy (non-hydrogen) atoms. The number of nitrogens with one attached hydrogen (secondary N) is 1. The van der Waals surface area contributed by atoms with Crippen LogP contribution in [0, 0.1) is 0 Å². The highest BCUT2D eigenvalue weighted by atomic mass is 32.1. The molecule has 0 aromatic carbocycles. The minimum absolute atomic E-state index is 0.119. The van der Waals surface area contributed by atoms with Crippen molar-refractivity contribution in [1.82, 2.24) is 5.32 Å². The molecule has 0 spiro atoms. The first-order valence-corrected chi connectivity index (χ1v) is 4.51. The molecule has 0 aromatic rings. The van der Waals surface area contributed by atoms with Crippen LogP contribution in [-0.4, -0.2) is 17.7 Å². The molecule has 2 nitrogen and oxygen atoms in total. The van der Waals surface area contributed by atoms with Gasteiger partial charge in [0.25, 0.3) is 0 Å². The molecule has 1 amide bonds. The summed E-state index contributed by atoms with van der Waals surface area (Å²) in [5, 5.41) is 2.93. The number of carbonyl (C=O) groups is 1. The summed E-state index contributed by atoms with van der Waals surface area (Å²) < 4.78 is 0. The first kappa shape index (κ1) is 8.65. The van der Waals surface area contributed by atoms with Crippen LogP contribution in [0.4, 0.5) is 0 Å². The van der Waals surface area contributed by atoms with Crippen LogP contribution in [0.2, 0.25) is 0 Å². The zero-order valence-corrected chi connectivity index (χ0v) is 7.31. The molecule has 3 heteroatoms. The Morgan fingerprint density at radius 3 is 2.73 bits per heavy atom. The van der Waals surface area contributed by atoms with Crippen molar-refractivity contribution < 1.29 is 4.79 Å². The van der Waals surface area contributed by atoms with Crippen LogP contribution < -0.4 is 5.32 Å². The molecule has 0 radical (unpaired) electrons. The van der Waals surface area contributed by atoms with E-state index in [0.29, 0.717) is 18.2 Å². The van der Waals surface area contributed by atoms with E-state index in [0.717, 1.165) is 12.8 Å². The van der Waals surface area contributed by atoms with Crippen LogP contribution >= 0.6 is 12.6 Å². The van der Waals surface area contributed by atoms with E-state index < -0.39 is 0 Å². The van der Waals surface area contributed by atoms with Gasteiger partial charge in [0.1, 0.15) is 0 Å². The number of rotatable bonds is 3. The largest absolute Gasteiger partial charge is 0.353 e. The van der Waals surface area contributed by atoms with Gasteiger partial charge in [-0.3, -0.25) is 4.79 Å². The van der Waals surface area contributed by atoms with Crippen LogP contribution in [0.3, 0.4) is 0 Å². The summed E-state index contributed by atoms with van der Waals surface area (Å²) in [6.07, 6.45) is 6.70. The summed E-state index contributed by atoms with van der Waals surface area (Å²) in [4.78, 5) is 11.0. The Hall–Kier alpha value is -0.440. The van der Waals surface area contributed by atoms with E-state index in [1.54, 1.807) is 0 Å². The molecule has 62 valence electrons. The minimum atomic E-state index is 0.119. The molecule has 0 aliphatic heterocycles. The van der Waals surface area contributed by atoms with Crippen molar-refractivity contribution in [3.8, 4) is 0 Å². The van der Waals surface area contributed by atoms with Crippen LogP contribution in [0.5, 0.6) is 0 Å². The maximum Gasteiger partial charge on any atom is 0.221 e. The maximum atomic E-state index is 11.0. The normalized spacial score (nSPS) is 17.2. The number of hydrogen-bond acceptors (Lipinski definition) is 2. The lowest BCUT2D eigenvalue weighted by molar-refractivity contribution is -0.121. The lowest BCUT2D eigenvalue weighted by atomic mass is 10.2. The van der Waals surface area contributed by atoms with Gasteiger partial charge < -0.3 is 5.32 Å². The Morgan fingerprint density at radius 2 is 2.18 bits per heavy atom. The smallest absolute Gasteiger partial charge is 0.221 e. The second kappa shape index (κ2) is 4.44. The molecule has 0 saturated heterocycles. The highest BCUT2D eigenvalue weighted by molar-refractivity contribution is 7.80. The fourth-order valence-corrected chi connectivity index (χ4v) is 1.34. The van der Waals surface area contributed by atoms with Crippen molar-refractivity contribution >= 4 is 18.5 Å². The summed E-state index contributed by atoms with van der Waals surface area (Å²) in [6, 6.07) is 0.349. The fourth-order valence-electron chi connectivity index (χ4n) is 1.14. The number of thiol groups is 1. The zero-order chi connectivity index (χ0) is 8.10. The zero-order valence-electron chi connectivity index (χ0n) is 6.42. The summed E-state index contributed by atoms with van der Waals surface area (Å²) in [5.74, 6) is 0.750. The Morgan fingerprint density at radius 1 is 1.55 bits per heavy atom. The Bertz CT molecular complexity index is 159. The van der Waals surface area contributed by atoms with Gasteiger partial charge in [-0.05, 0) is 18.6 Å². The third-order valence-electron chi connectivity index (χ3n) is 1.71. The van der Waals surface area contributed by atoms with Crippen molar-refractivity contribution in [2.45, 2.75) is 25.3 Å². The van der Waals surface area contributed by atoms with Gasteiger partial charge in [-0.25, -0.2) is 0 Å². The quantitative estimate of drug-likeness (QED) is 0.484. The van der Waals surface area contributed by atoms with Crippen LogP contribution in [-0.2, 0) is 4.79 Å². The SMILES string of the molecule is O=C(CCS)NC1CC=CC1. The van der Waals surface area contributed by atoms with Crippen molar-refractivity contribution in [2.24, 2.45) is 0 Å². The molecule has 0 heterocycles. The molecule has 1 rings (SSSR count). The van der Waals surface area contributed by atoms with Crippen molar-refractivity contribution in [1.29, 1.82) is 0 Å². The Balaban J connectivity index is 2.15. The standard InChI is InChI=1S/C8H13NOS/c10-8(5-6-11)9-7-3-1-2-4-7/h1-2,7,11H,3-6H2,(H,9,10). The van der Waals surface area contributed by atoms with Crippen molar-refractivity contribution in [3.05, 3.63) is 12.2 Å². The highest BCUT2D eigenvalue weighted by Crippen LogP contribution is 2.08. The van der Waals surface area contributed by atoms with Gasteiger partial charge in [-0.15, -0.1) is 0 Å². The van der Waals surface area contributed by atoms with Crippen LogP contribution in [0.1, 0.15) is 19.3 Å². The second-order valence-corrected chi connectivity index (χ2v) is 3.13. The summed E-state index contributed by atoms with van der Waals surface area (Å²) in [5.41, 5.74) is 0. The fraction of sp³-hybridized carbons (Fsp3) is 0.625.